The van der Waals surface area contributed by atoms with E-state index in [1.165, 1.54) is 18.2 Å². The Morgan fingerprint density at radius 2 is 1.81 bits per heavy atom. The van der Waals surface area contributed by atoms with E-state index in [9.17, 15) is 19.2 Å². The largest absolute Gasteiger partial charge is 0.455 e. The molecule has 0 aromatic heterocycles. The number of hydrazine groups is 1. The number of amides is 3. The molecule has 1 heterocycles. The summed E-state index contributed by atoms with van der Waals surface area (Å²) >= 11 is 11.7. The van der Waals surface area contributed by atoms with Gasteiger partial charge in [-0.2, -0.15) is 0 Å². The van der Waals surface area contributed by atoms with Crippen LogP contribution in [0.4, 0.5) is 5.69 Å². The number of halogens is 2. The highest BCUT2D eigenvalue weighted by atomic mass is 35.5. The highest BCUT2D eigenvalue weighted by Crippen LogP contribution is 2.23. The Hall–Kier alpha value is -3.10. The third-order valence-electron chi connectivity index (χ3n) is 4.56. The molecule has 0 unspecified atom stereocenters. The van der Waals surface area contributed by atoms with Gasteiger partial charge < -0.3 is 10.1 Å². The Balaban J connectivity index is 1.49. The first kappa shape index (κ1) is 22.6. The zero-order valence-corrected chi connectivity index (χ0v) is 18.0. The van der Waals surface area contributed by atoms with Gasteiger partial charge in [0.25, 0.3) is 11.8 Å². The van der Waals surface area contributed by atoms with Gasteiger partial charge in [0.1, 0.15) is 0 Å². The van der Waals surface area contributed by atoms with Crippen LogP contribution in [0.3, 0.4) is 0 Å². The molecule has 2 aromatic carbocycles. The van der Waals surface area contributed by atoms with Gasteiger partial charge in [-0.3, -0.25) is 29.6 Å². The van der Waals surface area contributed by atoms with Gasteiger partial charge in [-0.25, -0.2) is 0 Å². The predicted molar refractivity (Wildman–Crippen MR) is 115 cm³/mol. The minimum atomic E-state index is -0.797. The molecule has 1 fully saturated rings. The highest BCUT2D eigenvalue weighted by Gasteiger charge is 2.36. The molecular formula is C21H19Cl2N3O5. The first-order chi connectivity index (χ1) is 14.7. The molecule has 3 amide bonds. The fraction of sp³-hybridized carbons (Fsp3) is 0.238. The molecule has 0 radical (unpaired) electrons. The normalized spacial score (nSPS) is 15.5. The minimum Gasteiger partial charge on any atom is -0.455 e. The van der Waals surface area contributed by atoms with Crippen LogP contribution in [0.25, 0.3) is 0 Å². The summed E-state index contributed by atoms with van der Waals surface area (Å²) in [6, 6.07) is 11.4. The third kappa shape index (κ3) is 5.96. The summed E-state index contributed by atoms with van der Waals surface area (Å²) in [6.07, 6.45) is -0.139. The molecule has 0 aliphatic carbocycles. The van der Waals surface area contributed by atoms with E-state index in [1.54, 1.807) is 12.1 Å². The first-order valence-electron chi connectivity index (χ1n) is 9.32. The summed E-state index contributed by atoms with van der Waals surface area (Å²) in [5.41, 5.74) is 4.27. The monoisotopic (exact) mass is 463 g/mol. The summed E-state index contributed by atoms with van der Waals surface area (Å²) in [5, 5.41) is 4.16. The molecule has 2 N–H and O–H groups in total. The lowest BCUT2D eigenvalue weighted by Crippen LogP contribution is -2.43. The van der Waals surface area contributed by atoms with Gasteiger partial charge in [-0.15, -0.1) is 0 Å². The molecule has 10 heteroatoms. The number of anilines is 1. The standard InChI is InChI=1S/C21H19Cl2N3O5/c1-12-2-5-15(6-3-12)24-18(27)11-31-21(30)14-9-19(28)26(10-14)25-20(29)13-4-7-16(22)17(23)8-13/h2-8,14H,9-11H2,1H3,(H,24,27)(H,25,29)/t14-/m1/s1. The molecule has 0 spiro atoms. The van der Waals surface area contributed by atoms with E-state index in [0.29, 0.717) is 10.7 Å². The van der Waals surface area contributed by atoms with Crippen LogP contribution in [0.2, 0.25) is 10.0 Å². The summed E-state index contributed by atoms with van der Waals surface area (Å²) in [7, 11) is 0. The molecular weight excluding hydrogens is 445 g/mol. The molecule has 31 heavy (non-hydrogen) atoms. The van der Waals surface area contributed by atoms with Gasteiger partial charge >= 0.3 is 5.97 Å². The lowest BCUT2D eigenvalue weighted by molar-refractivity contribution is -0.151. The number of esters is 1. The zero-order chi connectivity index (χ0) is 22.5. The second-order valence-electron chi connectivity index (χ2n) is 7.00. The lowest BCUT2D eigenvalue weighted by atomic mass is 10.1. The average Bonchev–Trinajstić information content (AvgIpc) is 3.10. The van der Waals surface area contributed by atoms with Crippen molar-refractivity contribution in [1.82, 2.24) is 10.4 Å². The molecule has 1 saturated heterocycles. The van der Waals surface area contributed by atoms with E-state index in [-0.39, 0.29) is 23.6 Å². The van der Waals surface area contributed by atoms with Crippen molar-refractivity contribution in [2.75, 3.05) is 18.5 Å². The number of benzene rings is 2. The molecule has 0 saturated carbocycles. The fourth-order valence-electron chi connectivity index (χ4n) is 2.89. The van der Waals surface area contributed by atoms with Gasteiger partial charge in [-0.1, -0.05) is 40.9 Å². The van der Waals surface area contributed by atoms with Crippen molar-refractivity contribution < 1.29 is 23.9 Å². The van der Waals surface area contributed by atoms with Crippen molar-refractivity contribution in [3.63, 3.8) is 0 Å². The van der Waals surface area contributed by atoms with Crippen LogP contribution < -0.4 is 10.7 Å². The van der Waals surface area contributed by atoms with Gasteiger partial charge in [0.05, 0.1) is 22.5 Å². The van der Waals surface area contributed by atoms with Crippen LogP contribution in [-0.4, -0.2) is 41.9 Å². The lowest BCUT2D eigenvalue weighted by Gasteiger charge is -2.17. The predicted octanol–water partition coefficient (Wildman–Crippen LogP) is 2.98. The van der Waals surface area contributed by atoms with Crippen LogP contribution in [0, 0.1) is 12.8 Å². The van der Waals surface area contributed by atoms with Crippen molar-refractivity contribution in [2.24, 2.45) is 5.92 Å². The van der Waals surface area contributed by atoms with E-state index >= 15 is 0 Å². The number of ether oxygens (including phenoxy) is 1. The number of carbonyl (C=O) groups is 4. The van der Waals surface area contributed by atoms with Crippen LogP contribution in [0.5, 0.6) is 0 Å². The molecule has 1 aliphatic rings. The van der Waals surface area contributed by atoms with Crippen LogP contribution in [-0.2, 0) is 19.1 Å². The molecule has 2 aromatic rings. The summed E-state index contributed by atoms with van der Waals surface area (Å²) in [5.74, 6) is -3.00. The Morgan fingerprint density at radius 3 is 2.48 bits per heavy atom. The number of rotatable bonds is 6. The fourth-order valence-corrected chi connectivity index (χ4v) is 3.18. The Morgan fingerprint density at radius 1 is 1.10 bits per heavy atom. The second-order valence-corrected chi connectivity index (χ2v) is 7.81. The van der Waals surface area contributed by atoms with Gasteiger partial charge in [-0.05, 0) is 37.3 Å². The maximum Gasteiger partial charge on any atom is 0.311 e. The van der Waals surface area contributed by atoms with Gasteiger partial charge in [0, 0.05) is 17.7 Å². The summed E-state index contributed by atoms with van der Waals surface area (Å²) < 4.78 is 5.02. The number of hydrogen-bond donors (Lipinski definition) is 2. The first-order valence-corrected chi connectivity index (χ1v) is 10.1. The highest BCUT2D eigenvalue weighted by molar-refractivity contribution is 6.42. The van der Waals surface area contributed by atoms with Crippen molar-refractivity contribution in [3.8, 4) is 0 Å². The molecule has 1 atom stereocenters. The molecule has 1 aliphatic heterocycles. The van der Waals surface area contributed by atoms with E-state index < -0.39 is 36.2 Å². The van der Waals surface area contributed by atoms with E-state index in [2.05, 4.69) is 10.7 Å². The second kappa shape index (κ2) is 9.80. The van der Waals surface area contributed by atoms with E-state index in [0.717, 1.165) is 10.6 Å². The smallest absolute Gasteiger partial charge is 0.311 e. The third-order valence-corrected chi connectivity index (χ3v) is 5.30. The number of nitrogens with zero attached hydrogens (tertiary/aromatic N) is 1. The molecule has 0 bridgehead atoms. The molecule has 8 nitrogen and oxygen atoms in total. The Bertz CT molecular complexity index is 1030. The summed E-state index contributed by atoms with van der Waals surface area (Å²) in [6.45, 7) is 1.38. The quantitative estimate of drug-likeness (QED) is 0.640. The van der Waals surface area contributed by atoms with Gasteiger partial charge in [0.15, 0.2) is 6.61 Å². The number of carbonyl (C=O) groups excluding carboxylic acids is 4. The van der Waals surface area contributed by atoms with Crippen LogP contribution in [0.15, 0.2) is 42.5 Å². The van der Waals surface area contributed by atoms with E-state index in [1.807, 2.05) is 19.1 Å². The van der Waals surface area contributed by atoms with Crippen molar-refractivity contribution in [2.45, 2.75) is 13.3 Å². The Kier molecular flexibility index (Phi) is 7.14. The van der Waals surface area contributed by atoms with Crippen molar-refractivity contribution in [1.29, 1.82) is 0 Å². The van der Waals surface area contributed by atoms with Crippen molar-refractivity contribution >= 4 is 52.6 Å². The Labute approximate surface area is 188 Å². The molecule has 162 valence electrons. The van der Waals surface area contributed by atoms with Crippen LogP contribution >= 0.6 is 23.2 Å². The van der Waals surface area contributed by atoms with Gasteiger partial charge in [0.2, 0.25) is 5.91 Å². The summed E-state index contributed by atoms with van der Waals surface area (Å²) in [4.78, 5) is 48.7. The number of hydrogen-bond acceptors (Lipinski definition) is 5. The minimum absolute atomic E-state index is 0.0652. The average molecular weight is 464 g/mol. The maximum absolute atomic E-state index is 12.3. The van der Waals surface area contributed by atoms with Crippen molar-refractivity contribution in [3.05, 3.63) is 63.6 Å². The number of aryl methyl sites for hydroxylation is 1. The SMILES string of the molecule is Cc1ccc(NC(=O)COC(=O)[C@@H]2CC(=O)N(NC(=O)c3ccc(Cl)c(Cl)c3)C2)cc1. The van der Waals surface area contributed by atoms with Crippen LogP contribution in [0.1, 0.15) is 22.3 Å². The maximum atomic E-state index is 12.3. The zero-order valence-electron chi connectivity index (χ0n) is 16.5. The topological polar surface area (TPSA) is 105 Å². The number of nitrogens with one attached hydrogen (secondary N) is 2. The van der Waals surface area contributed by atoms with E-state index in [4.69, 9.17) is 27.9 Å². The molecule has 3 rings (SSSR count).